The number of phenols is 1. The van der Waals surface area contributed by atoms with E-state index >= 15 is 0 Å². The number of nitro groups is 1. The van der Waals surface area contributed by atoms with Crippen molar-refractivity contribution in [3.63, 3.8) is 0 Å². The van der Waals surface area contributed by atoms with E-state index in [2.05, 4.69) is 0 Å². The zero-order chi connectivity index (χ0) is 13.0. The number of aromatic hydroxyl groups is 1. The molecular formula is C10H7N3O4. The number of nitro benzene ring substituents is 1. The molecule has 0 aliphatic rings. The van der Waals surface area contributed by atoms with E-state index in [1.165, 1.54) is 6.07 Å². The number of primary amides is 1. The third-order valence-electron chi connectivity index (χ3n) is 1.89. The number of nitrogens with two attached hydrogens (primary N) is 1. The number of nitriles is 1. The highest BCUT2D eigenvalue weighted by atomic mass is 16.6. The Kier molecular flexibility index (Phi) is 3.41. The summed E-state index contributed by atoms with van der Waals surface area (Å²) >= 11 is 0. The van der Waals surface area contributed by atoms with Crippen LogP contribution in [-0.4, -0.2) is 15.9 Å². The lowest BCUT2D eigenvalue weighted by molar-refractivity contribution is -0.385. The molecule has 0 atom stereocenters. The molecule has 17 heavy (non-hydrogen) atoms. The molecule has 0 saturated carbocycles. The lowest BCUT2D eigenvalue weighted by atomic mass is 10.1. The highest BCUT2D eigenvalue weighted by molar-refractivity contribution is 6.00. The van der Waals surface area contributed by atoms with Crippen molar-refractivity contribution in [2.24, 2.45) is 5.73 Å². The average Bonchev–Trinajstić information content (AvgIpc) is 2.27. The van der Waals surface area contributed by atoms with E-state index in [1.54, 1.807) is 6.07 Å². The van der Waals surface area contributed by atoms with Crippen LogP contribution in [0, 0.1) is 21.4 Å². The topological polar surface area (TPSA) is 130 Å². The van der Waals surface area contributed by atoms with Gasteiger partial charge in [-0.15, -0.1) is 0 Å². The number of benzene rings is 1. The molecule has 1 aromatic carbocycles. The summed E-state index contributed by atoms with van der Waals surface area (Å²) in [4.78, 5) is 20.5. The van der Waals surface area contributed by atoms with Crippen LogP contribution in [0.2, 0.25) is 0 Å². The minimum atomic E-state index is -0.928. The Morgan fingerprint density at radius 3 is 2.71 bits per heavy atom. The summed E-state index contributed by atoms with van der Waals surface area (Å²) in [6.45, 7) is 0. The van der Waals surface area contributed by atoms with Gasteiger partial charge in [-0.05, 0) is 17.7 Å². The van der Waals surface area contributed by atoms with E-state index in [-0.39, 0.29) is 11.1 Å². The number of hydrogen-bond donors (Lipinski definition) is 2. The summed E-state index contributed by atoms with van der Waals surface area (Å²) < 4.78 is 0. The van der Waals surface area contributed by atoms with E-state index in [9.17, 15) is 20.0 Å². The quantitative estimate of drug-likeness (QED) is 0.343. The SMILES string of the molecule is N#C/C(=C\c1ccc(O)c([N+](=O)[O-])c1)C(N)=O. The van der Waals surface area contributed by atoms with Gasteiger partial charge in [0.25, 0.3) is 5.91 Å². The van der Waals surface area contributed by atoms with Gasteiger partial charge in [0.05, 0.1) is 4.92 Å². The second kappa shape index (κ2) is 4.76. The molecule has 0 aromatic heterocycles. The molecule has 0 spiro atoms. The summed E-state index contributed by atoms with van der Waals surface area (Å²) in [6.07, 6.45) is 1.11. The number of phenolic OH excluding ortho intramolecular Hbond substituents is 1. The van der Waals surface area contributed by atoms with Crippen LogP contribution in [0.15, 0.2) is 23.8 Å². The number of rotatable bonds is 3. The highest BCUT2D eigenvalue weighted by Crippen LogP contribution is 2.27. The Hall–Kier alpha value is -2.88. The maximum Gasteiger partial charge on any atom is 0.311 e. The zero-order valence-electron chi connectivity index (χ0n) is 8.45. The predicted molar refractivity (Wildman–Crippen MR) is 57.5 cm³/mol. The molecule has 0 unspecified atom stereocenters. The van der Waals surface area contributed by atoms with Gasteiger partial charge in [-0.2, -0.15) is 5.26 Å². The van der Waals surface area contributed by atoms with Crippen molar-refractivity contribution in [3.8, 4) is 11.8 Å². The third kappa shape index (κ3) is 2.79. The minimum Gasteiger partial charge on any atom is -0.502 e. The lowest BCUT2D eigenvalue weighted by Gasteiger charge is -1.98. The lowest BCUT2D eigenvalue weighted by Crippen LogP contribution is -2.12. The molecule has 86 valence electrons. The molecule has 0 fully saturated rings. The van der Waals surface area contributed by atoms with Crippen molar-refractivity contribution in [2.75, 3.05) is 0 Å². The first-order valence-corrected chi connectivity index (χ1v) is 4.34. The Bertz CT molecular complexity index is 557. The van der Waals surface area contributed by atoms with Gasteiger partial charge in [-0.25, -0.2) is 0 Å². The highest BCUT2D eigenvalue weighted by Gasteiger charge is 2.13. The number of hydrogen-bond acceptors (Lipinski definition) is 5. The van der Waals surface area contributed by atoms with Crippen molar-refractivity contribution in [1.29, 1.82) is 5.26 Å². The van der Waals surface area contributed by atoms with Crippen molar-refractivity contribution < 1.29 is 14.8 Å². The smallest absolute Gasteiger partial charge is 0.311 e. The minimum absolute atomic E-state index is 0.227. The molecule has 3 N–H and O–H groups in total. The van der Waals surface area contributed by atoms with Gasteiger partial charge in [0.2, 0.25) is 0 Å². The second-order valence-corrected chi connectivity index (χ2v) is 3.04. The summed E-state index contributed by atoms with van der Waals surface area (Å²) in [7, 11) is 0. The number of amides is 1. The molecule has 0 radical (unpaired) electrons. The van der Waals surface area contributed by atoms with Crippen LogP contribution in [0.5, 0.6) is 5.75 Å². The standard InChI is InChI=1S/C10H7N3O4/c11-5-7(10(12)15)3-6-1-2-9(14)8(4-6)13(16)17/h1-4,14H,(H2,12,15)/b7-3+. The maximum absolute atomic E-state index is 10.8. The Morgan fingerprint density at radius 2 is 2.24 bits per heavy atom. The van der Waals surface area contributed by atoms with Crippen LogP contribution in [0.1, 0.15) is 5.56 Å². The summed E-state index contributed by atoms with van der Waals surface area (Å²) in [5, 5.41) is 28.3. The fraction of sp³-hybridized carbons (Fsp3) is 0. The Balaban J connectivity index is 3.27. The zero-order valence-corrected chi connectivity index (χ0v) is 8.45. The summed E-state index contributed by atoms with van der Waals surface area (Å²) in [6, 6.07) is 5.02. The van der Waals surface area contributed by atoms with Gasteiger partial charge in [0.1, 0.15) is 11.6 Å². The summed E-state index contributed by atoms with van der Waals surface area (Å²) in [5.74, 6) is -1.42. The predicted octanol–water partition coefficient (Wildman–Crippen LogP) is 0.693. The van der Waals surface area contributed by atoms with Gasteiger partial charge >= 0.3 is 5.69 Å². The average molecular weight is 233 g/mol. The molecule has 1 rings (SSSR count). The second-order valence-electron chi connectivity index (χ2n) is 3.04. The van der Waals surface area contributed by atoms with E-state index in [1.807, 2.05) is 0 Å². The van der Waals surface area contributed by atoms with E-state index in [0.29, 0.717) is 0 Å². The van der Waals surface area contributed by atoms with E-state index in [0.717, 1.165) is 18.2 Å². The molecule has 1 aromatic rings. The third-order valence-corrected chi connectivity index (χ3v) is 1.89. The van der Waals surface area contributed by atoms with Crippen LogP contribution in [-0.2, 0) is 4.79 Å². The Labute approximate surface area is 95.5 Å². The fourth-order valence-electron chi connectivity index (χ4n) is 1.10. The molecule has 0 bridgehead atoms. The van der Waals surface area contributed by atoms with Crippen molar-refractivity contribution in [2.45, 2.75) is 0 Å². The molecular weight excluding hydrogens is 226 g/mol. The van der Waals surface area contributed by atoms with Gasteiger partial charge in [-0.3, -0.25) is 14.9 Å². The largest absolute Gasteiger partial charge is 0.502 e. The van der Waals surface area contributed by atoms with Crippen LogP contribution >= 0.6 is 0 Å². The van der Waals surface area contributed by atoms with Crippen LogP contribution in [0.3, 0.4) is 0 Å². The first-order valence-electron chi connectivity index (χ1n) is 4.34. The molecule has 0 saturated heterocycles. The van der Waals surface area contributed by atoms with Crippen molar-refractivity contribution in [3.05, 3.63) is 39.4 Å². The van der Waals surface area contributed by atoms with Gasteiger partial charge in [0, 0.05) is 6.07 Å². The van der Waals surface area contributed by atoms with Crippen LogP contribution in [0.4, 0.5) is 5.69 Å². The van der Waals surface area contributed by atoms with E-state index in [4.69, 9.17) is 11.0 Å². The molecule has 7 heteroatoms. The number of carbonyl (C=O) groups excluding carboxylic acids is 1. The van der Waals surface area contributed by atoms with Crippen LogP contribution < -0.4 is 5.73 Å². The maximum atomic E-state index is 10.8. The first kappa shape index (κ1) is 12.2. The first-order chi connectivity index (χ1) is 7.95. The Morgan fingerprint density at radius 1 is 1.59 bits per heavy atom. The van der Waals surface area contributed by atoms with Gasteiger partial charge in [0.15, 0.2) is 5.75 Å². The van der Waals surface area contributed by atoms with Crippen LogP contribution in [0.25, 0.3) is 6.08 Å². The molecule has 7 nitrogen and oxygen atoms in total. The number of nitrogens with zero attached hydrogens (tertiary/aromatic N) is 2. The molecule has 0 aliphatic heterocycles. The number of carbonyl (C=O) groups is 1. The summed E-state index contributed by atoms with van der Waals surface area (Å²) in [5.41, 5.74) is 4.29. The molecule has 1 amide bonds. The fourth-order valence-corrected chi connectivity index (χ4v) is 1.10. The normalized spacial score (nSPS) is 10.6. The van der Waals surface area contributed by atoms with Gasteiger partial charge in [-0.1, -0.05) is 6.07 Å². The monoisotopic (exact) mass is 233 g/mol. The van der Waals surface area contributed by atoms with E-state index < -0.39 is 22.3 Å². The van der Waals surface area contributed by atoms with Crippen molar-refractivity contribution >= 4 is 17.7 Å². The van der Waals surface area contributed by atoms with Gasteiger partial charge < -0.3 is 10.8 Å². The van der Waals surface area contributed by atoms with Crippen molar-refractivity contribution in [1.82, 2.24) is 0 Å². The molecule has 0 aliphatic carbocycles. The molecule has 0 heterocycles.